The zero-order valence-corrected chi connectivity index (χ0v) is 12.4. The van der Waals surface area contributed by atoms with Gasteiger partial charge in [0.25, 0.3) is 0 Å². The molecule has 1 fully saturated rings. The predicted molar refractivity (Wildman–Crippen MR) is 78.8 cm³/mol. The number of benzene rings is 1. The Morgan fingerprint density at radius 3 is 2.32 bits per heavy atom. The van der Waals surface area contributed by atoms with Crippen molar-refractivity contribution in [3.05, 3.63) is 35.6 Å². The van der Waals surface area contributed by atoms with Crippen molar-refractivity contribution in [3.63, 3.8) is 0 Å². The smallest absolute Gasteiger partial charge is 0.123 e. The Bertz CT molecular complexity index is 390. The molecule has 1 aromatic carbocycles. The molecule has 1 nitrogen and oxygen atoms in total. The van der Waals surface area contributed by atoms with Gasteiger partial charge >= 0.3 is 0 Å². The van der Waals surface area contributed by atoms with Crippen LogP contribution in [0.2, 0.25) is 0 Å². The third-order valence-corrected chi connectivity index (χ3v) is 4.85. The van der Waals surface area contributed by atoms with Crippen molar-refractivity contribution in [2.75, 3.05) is 7.05 Å². The third-order valence-electron chi connectivity index (χ3n) is 4.85. The Kier molecular flexibility index (Phi) is 4.62. The number of hydrogen-bond acceptors (Lipinski definition) is 1. The van der Waals surface area contributed by atoms with Gasteiger partial charge in [-0.2, -0.15) is 0 Å². The number of rotatable bonds is 5. The number of halogens is 1. The molecule has 106 valence electrons. The third kappa shape index (κ3) is 3.36. The highest BCUT2D eigenvalue weighted by Gasteiger charge is 2.32. The van der Waals surface area contributed by atoms with Gasteiger partial charge in [-0.25, -0.2) is 4.39 Å². The maximum atomic E-state index is 13.1. The second-order valence-electron chi connectivity index (χ2n) is 6.46. The van der Waals surface area contributed by atoms with Crippen LogP contribution in [0.15, 0.2) is 24.3 Å². The Hall–Kier alpha value is -0.890. The molecular weight excluding hydrogens is 237 g/mol. The van der Waals surface area contributed by atoms with E-state index in [-0.39, 0.29) is 11.2 Å². The van der Waals surface area contributed by atoms with E-state index in [4.69, 9.17) is 0 Å². The highest BCUT2D eigenvalue weighted by atomic mass is 19.1. The van der Waals surface area contributed by atoms with Gasteiger partial charge in [0, 0.05) is 11.5 Å². The first-order valence-electron chi connectivity index (χ1n) is 7.47. The minimum absolute atomic E-state index is 0.0328. The summed E-state index contributed by atoms with van der Waals surface area (Å²) in [7, 11) is 2.05. The van der Waals surface area contributed by atoms with Gasteiger partial charge < -0.3 is 5.32 Å². The molecule has 2 rings (SSSR count). The summed E-state index contributed by atoms with van der Waals surface area (Å²) >= 11 is 0. The average molecular weight is 263 g/mol. The van der Waals surface area contributed by atoms with Crippen LogP contribution in [0.25, 0.3) is 0 Å². The molecule has 0 aromatic heterocycles. The standard InChI is InChI=1S/C17H26FN/c1-17(2,14-8-10-15(18)11-9-14)16(19-3)12-13-6-4-5-7-13/h8-11,13,16,19H,4-7,12H2,1-3H3. The highest BCUT2D eigenvalue weighted by molar-refractivity contribution is 5.26. The summed E-state index contributed by atoms with van der Waals surface area (Å²) in [6, 6.07) is 7.43. The molecule has 1 unspecified atom stereocenters. The minimum atomic E-state index is -0.156. The molecule has 0 heterocycles. The van der Waals surface area contributed by atoms with Gasteiger partial charge in [0.2, 0.25) is 0 Å². The zero-order valence-electron chi connectivity index (χ0n) is 12.4. The van der Waals surface area contributed by atoms with Crippen LogP contribution in [-0.4, -0.2) is 13.1 Å². The van der Waals surface area contributed by atoms with E-state index in [1.54, 1.807) is 12.1 Å². The van der Waals surface area contributed by atoms with Crippen LogP contribution < -0.4 is 5.32 Å². The highest BCUT2D eigenvalue weighted by Crippen LogP contribution is 2.35. The van der Waals surface area contributed by atoms with Crippen LogP contribution in [0.1, 0.15) is 51.5 Å². The lowest BCUT2D eigenvalue weighted by molar-refractivity contribution is 0.293. The Balaban J connectivity index is 2.12. The minimum Gasteiger partial charge on any atom is -0.316 e. The van der Waals surface area contributed by atoms with Crippen molar-refractivity contribution in [3.8, 4) is 0 Å². The molecule has 0 radical (unpaired) electrons. The van der Waals surface area contributed by atoms with E-state index < -0.39 is 0 Å². The molecule has 1 atom stereocenters. The van der Waals surface area contributed by atoms with E-state index in [0.29, 0.717) is 6.04 Å². The van der Waals surface area contributed by atoms with E-state index in [2.05, 4.69) is 19.2 Å². The summed E-state index contributed by atoms with van der Waals surface area (Å²) in [6.45, 7) is 4.52. The van der Waals surface area contributed by atoms with Gasteiger partial charge in [-0.05, 0) is 37.1 Å². The fourth-order valence-electron chi connectivity index (χ4n) is 3.43. The van der Waals surface area contributed by atoms with Crippen LogP contribution in [0.3, 0.4) is 0 Å². The van der Waals surface area contributed by atoms with E-state index in [1.165, 1.54) is 37.7 Å². The van der Waals surface area contributed by atoms with Crippen molar-refractivity contribution in [2.24, 2.45) is 5.92 Å². The Labute approximate surface area is 116 Å². The average Bonchev–Trinajstić information content (AvgIpc) is 2.89. The molecule has 1 aliphatic rings. The molecule has 1 aromatic rings. The summed E-state index contributed by atoms with van der Waals surface area (Å²) in [5.74, 6) is 0.702. The summed E-state index contributed by atoms with van der Waals surface area (Å²) in [4.78, 5) is 0. The second kappa shape index (κ2) is 6.04. The van der Waals surface area contributed by atoms with Gasteiger partial charge in [0.1, 0.15) is 5.82 Å². The van der Waals surface area contributed by atoms with Gasteiger partial charge in [0.05, 0.1) is 0 Å². The quantitative estimate of drug-likeness (QED) is 0.836. The summed E-state index contributed by atoms with van der Waals surface area (Å²) < 4.78 is 13.1. The van der Waals surface area contributed by atoms with Crippen molar-refractivity contribution in [1.82, 2.24) is 5.32 Å². The largest absolute Gasteiger partial charge is 0.316 e. The SMILES string of the molecule is CNC(CC1CCCC1)C(C)(C)c1ccc(F)cc1. The molecule has 19 heavy (non-hydrogen) atoms. The molecule has 0 saturated heterocycles. The lowest BCUT2D eigenvalue weighted by Gasteiger charge is -2.36. The van der Waals surface area contributed by atoms with Crippen molar-refractivity contribution in [1.29, 1.82) is 0 Å². The lowest BCUT2D eigenvalue weighted by atomic mass is 9.74. The number of nitrogens with one attached hydrogen (secondary N) is 1. The molecule has 1 saturated carbocycles. The van der Waals surface area contributed by atoms with E-state index in [0.717, 1.165) is 5.92 Å². The van der Waals surface area contributed by atoms with Gasteiger partial charge in [-0.3, -0.25) is 0 Å². The normalized spacial score (nSPS) is 18.7. The van der Waals surface area contributed by atoms with Crippen LogP contribution >= 0.6 is 0 Å². The topological polar surface area (TPSA) is 12.0 Å². The first kappa shape index (κ1) is 14.5. The van der Waals surface area contributed by atoms with Crippen LogP contribution in [0, 0.1) is 11.7 Å². The van der Waals surface area contributed by atoms with Crippen molar-refractivity contribution in [2.45, 2.75) is 57.4 Å². The molecule has 2 heteroatoms. The fraction of sp³-hybridized carbons (Fsp3) is 0.647. The van der Waals surface area contributed by atoms with Crippen LogP contribution in [0.5, 0.6) is 0 Å². The lowest BCUT2D eigenvalue weighted by Crippen LogP contribution is -2.44. The molecule has 1 aliphatic carbocycles. The zero-order chi connectivity index (χ0) is 13.9. The van der Waals surface area contributed by atoms with Gasteiger partial charge in [-0.15, -0.1) is 0 Å². The van der Waals surface area contributed by atoms with E-state index in [9.17, 15) is 4.39 Å². The Morgan fingerprint density at radius 2 is 1.79 bits per heavy atom. The van der Waals surface area contributed by atoms with Crippen molar-refractivity contribution >= 4 is 0 Å². The molecule has 0 amide bonds. The van der Waals surface area contributed by atoms with Crippen LogP contribution in [0.4, 0.5) is 4.39 Å². The molecule has 0 spiro atoms. The first-order valence-corrected chi connectivity index (χ1v) is 7.47. The van der Waals surface area contributed by atoms with Gasteiger partial charge in [0.15, 0.2) is 0 Å². The second-order valence-corrected chi connectivity index (χ2v) is 6.46. The molecular formula is C17H26FN. The van der Waals surface area contributed by atoms with E-state index >= 15 is 0 Å². The monoisotopic (exact) mass is 263 g/mol. The summed E-state index contributed by atoms with van der Waals surface area (Å²) in [5.41, 5.74) is 1.25. The molecule has 0 aliphatic heterocycles. The summed E-state index contributed by atoms with van der Waals surface area (Å²) in [5, 5.41) is 3.49. The molecule has 1 N–H and O–H groups in total. The van der Waals surface area contributed by atoms with E-state index in [1.807, 2.05) is 19.2 Å². The maximum Gasteiger partial charge on any atom is 0.123 e. The van der Waals surface area contributed by atoms with Crippen molar-refractivity contribution < 1.29 is 4.39 Å². The van der Waals surface area contributed by atoms with Crippen LogP contribution in [-0.2, 0) is 5.41 Å². The maximum absolute atomic E-state index is 13.1. The Morgan fingerprint density at radius 1 is 1.21 bits per heavy atom. The van der Waals surface area contributed by atoms with Gasteiger partial charge in [-0.1, -0.05) is 51.7 Å². The first-order chi connectivity index (χ1) is 9.04. The predicted octanol–water partition coefficient (Wildman–Crippen LogP) is 4.27. The fourth-order valence-corrected chi connectivity index (χ4v) is 3.43. The molecule has 0 bridgehead atoms. The number of hydrogen-bond donors (Lipinski definition) is 1. The summed E-state index contributed by atoms with van der Waals surface area (Å²) in [6.07, 6.45) is 6.74. The number of likely N-dealkylation sites (N-methyl/N-ethyl adjacent to an activating group) is 1.